The number of methoxy groups -OCH3 is 1. The Balaban J connectivity index is 2.02. The van der Waals surface area contributed by atoms with Gasteiger partial charge in [-0.3, -0.25) is 9.89 Å². The molecule has 0 aliphatic carbocycles. The first kappa shape index (κ1) is 16.8. The van der Waals surface area contributed by atoms with Gasteiger partial charge in [0.05, 0.1) is 13.7 Å². The first-order valence-electron chi connectivity index (χ1n) is 7.94. The average Bonchev–Trinajstić information content (AvgIpc) is 3.03. The van der Waals surface area contributed by atoms with E-state index in [9.17, 15) is 9.59 Å². The SMILES string of the molecule is CCOC(=O)c1c[nH]n2c(=O)c(Cc3ccc(OC)cc3)c(C)nc12. The van der Waals surface area contributed by atoms with Gasteiger partial charge in [0.25, 0.3) is 5.56 Å². The molecule has 0 saturated heterocycles. The summed E-state index contributed by atoms with van der Waals surface area (Å²) in [6, 6.07) is 7.51. The number of aromatic nitrogens is 3. The maximum Gasteiger partial charge on any atom is 0.343 e. The van der Waals surface area contributed by atoms with Crippen molar-refractivity contribution in [3.8, 4) is 5.75 Å². The molecule has 25 heavy (non-hydrogen) atoms. The lowest BCUT2D eigenvalue weighted by atomic mass is 10.0. The predicted molar refractivity (Wildman–Crippen MR) is 92.3 cm³/mol. The van der Waals surface area contributed by atoms with Crippen molar-refractivity contribution in [2.24, 2.45) is 0 Å². The molecule has 130 valence electrons. The molecule has 1 aromatic carbocycles. The fourth-order valence-electron chi connectivity index (χ4n) is 2.67. The second-order valence-corrected chi connectivity index (χ2v) is 5.57. The molecule has 0 amide bonds. The molecule has 0 radical (unpaired) electrons. The fraction of sp³-hybridized carbons (Fsp3) is 0.278. The quantitative estimate of drug-likeness (QED) is 0.718. The van der Waals surface area contributed by atoms with E-state index in [4.69, 9.17) is 9.47 Å². The number of aryl methyl sites for hydroxylation is 1. The van der Waals surface area contributed by atoms with Gasteiger partial charge in [-0.1, -0.05) is 12.1 Å². The van der Waals surface area contributed by atoms with Gasteiger partial charge in [0.2, 0.25) is 0 Å². The molecular weight excluding hydrogens is 322 g/mol. The van der Waals surface area contributed by atoms with Crippen LogP contribution in [0, 0.1) is 6.92 Å². The number of benzene rings is 1. The number of carbonyl (C=O) groups excluding carboxylic acids is 1. The number of rotatable bonds is 5. The lowest BCUT2D eigenvalue weighted by Gasteiger charge is -2.07. The lowest BCUT2D eigenvalue weighted by molar-refractivity contribution is 0.0528. The van der Waals surface area contributed by atoms with Crippen LogP contribution in [0.5, 0.6) is 5.75 Å². The lowest BCUT2D eigenvalue weighted by Crippen LogP contribution is -2.22. The number of nitrogens with zero attached hydrogens (tertiary/aromatic N) is 2. The largest absolute Gasteiger partial charge is 0.497 e. The molecule has 2 heterocycles. The smallest absolute Gasteiger partial charge is 0.343 e. The molecule has 3 aromatic rings. The van der Waals surface area contributed by atoms with E-state index in [0.29, 0.717) is 17.7 Å². The molecule has 0 bridgehead atoms. The highest BCUT2D eigenvalue weighted by Crippen LogP contribution is 2.16. The molecule has 3 rings (SSSR count). The van der Waals surface area contributed by atoms with E-state index in [1.807, 2.05) is 24.3 Å². The van der Waals surface area contributed by atoms with Crippen molar-refractivity contribution < 1.29 is 14.3 Å². The predicted octanol–water partition coefficient (Wildman–Crippen LogP) is 2.11. The average molecular weight is 341 g/mol. The minimum atomic E-state index is -0.504. The zero-order chi connectivity index (χ0) is 18.0. The van der Waals surface area contributed by atoms with Crippen LogP contribution >= 0.6 is 0 Å². The van der Waals surface area contributed by atoms with Crippen molar-refractivity contribution >= 4 is 11.6 Å². The summed E-state index contributed by atoms with van der Waals surface area (Å²) in [5, 5.41) is 2.79. The molecule has 0 atom stereocenters. The Bertz CT molecular complexity index is 970. The third-order valence-electron chi connectivity index (χ3n) is 4.00. The number of hydrogen-bond donors (Lipinski definition) is 1. The van der Waals surface area contributed by atoms with E-state index >= 15 is 0 Å². The van der Waals surface area contributed by atoms with Gasteiger partial charge in [0.1, 0.15) is 11.3 Å². The summed E-state index contributed by atoms with van der Waals surface area (Å²) in [4.78, 5) is 29.2. The monoisotopic (exact) mass is 341 g/mol. The number of aromatic amines is 1. The Morgan fingerprint density at radius 3 is 2.64 bits per heavy atom. The Labute approximate surface area is 144 Å². The summed E-state index contributed by atoms with van der Waals surface area (Å²) in [6.45, 7) is 3.75. The van der Waals surface area contributed by atoms with Gasteiger partial charge in [-0.05, 0) is 31.5 Å². The summed E-state index contributed by atoms with van der Waals surface area (Å²) in [5.41, 5.74) is 2.43. The summed E-state index contributed by atoms with van der Waals surface area (Å²) in [5.74, 6) is 0.254. The van der Waals surface area contributed by atoms with Crippen LogP contribution in [0.4, 0.5) is 0 Å². The second-order valence-electron chi connectivity index (χ2n) is 5.57. The maximum atomic E-state index is 12.8. The van der Waals surface area contributed by atoms with E-state index < -0.39 is 5.97 Å². The Morgan fingerprint density at radius 2 is 2.00 bits per heavy atom. The zero-order valence-electron chi connectivity index (χ0n) is 14.3. The standard InChI is InChI=1S/C18H19N3O4/c1-4-25-18(23)15-10-19-21-16(15)20-11(2)14(17(21)22)9-12-5-7-13(24-3)8-6-12/h5-8,10,19H,4,9H2,1-3H3. The van der Waals surface area contributed by atoms with Gasteiger partial charge < -0.3 is 9.47 Å². The van der Waals surface area contributed by atoms with Crippen molar-refractivity contribution in [1.82, 2.24) is 14.6 Å². The molecule has 2 aromatic heterocycles. The molecule has 7 heteroatoms. The number of esters is 1. The van der Waals surface area contributed by atoms with E-state index in [1.165, 1.54) is 10.7 Å². The highest BCUT2D eigenvalue weighted by Gasteiger charge is 2.19. The van der Waals surface area contributed by atoms with Crippen molar-refractivity contribution in [3.05, 3.63) is 63.2 Å². The van der Waals surface area contributed by atoms with E-state index in [1.54, 1.807) is 21.0 Å². The van der Waals surface area contributed by atoms with Crippen molar-refractivity contribution in [3.63, 3.8) is 0 Å². The Morgan fingerprint density at radius 1 is 1.28 bits per heavy atom. The highest BCUT2D eigenvalue weighted by molar-refractivity contribution is 5.95. The number of fused-ring (bicyclic) bond motifs is 1. The minimum absolute atomic E-state index is 0.228. The maximum absolute atomic E-state index is 12.8. The zero-order valence-corrected chi connectivity index (χ0v) is 14.3. The molecule has 7 nitrogen and oxygen atoms in total. The van der Waals surface area contributed by atoms with Gasteiger partial charge in [-0.2, -0.15) is 0 Å². The van der Waals surface area contributed by atoms with Crippen LogP contribution in [0.25, 0.3) is 5.65 Å². The molecular formula is C18H19N3O4. The van der Waals surface area contributed by atoms with Crippen LogP contribution in [-0.2, 0) is 11.2 Å². The highest BCUT2D eigenvalue weighted by atomic mass is 16.5. The van der Waals surface area contributed by atoms with Gasteiger partial charge in [-0.15, -0.1) is 0 Å². The van der Waals surface area contributed by atoms with E-state index in [0.717, 1.165) is 11.3 Å². The van der Waals surface area contributed by atoms with Crippen molar-refractivity contribution in [1.29, 1.82) is 0 Å². The number of nitrogens with one attached hydrogen (secondary N) is 1. The number of hydrogen-bond acceptors (Lipinski definition) is 5. The van der Waals surface area contributed by atoms with Gasteiger partial charge in [-0.25, -0.2) is 14.3 Å². The summed E-state index contributed by atoms with van der Waals surface area (Å²) in [7, 11) is 1.61. The van der Waals surface area contributed by atoms with Crippen LogP contribution in [0.1, 0.15) is 34.1 Å². The topological polar surface area (TPSA) is 85.7 Å². The summed E-state index contributed by atoms with van der Waals surface area (Å²) < 4.78 is 11.4. The normalized spacial score (nSPS) is 10.8. The number of carbonyl (C=O) groups is 1. The van der Waals surface area contributed by atoms with Gasteiger partial charge in [0, 0.05) is 23.9 Å². The molecule has 0 aliphatic heterocycles. The fourth-order valence-corrected chi connectivity index (χ4v) is 2.67. The van der Waals surface area contributed by atoms with Crippen LogP contribution in [0.3, 0.4) is 0 Å². The first-order chi connectivity index (χ1) is 12.0. The number of ether oxygens (including phenoxy) is 2. The third-order valence-corrected chi connectivity index (χ3v) is 4.00. The molecule has 0 fully saturated rings. The van der Waals surface area contributed by atoms with Crippen molar-refractivity contribution in [2.75, 3.05) is 13.7 Å². The molecule has 1 N–H and O–H groups in total. The summed E-state index contributed by atoms with van der Waals surface area (Å²) in [6.07, 6.45) is 1.89. The number of H-pyrrole nitrogens is 1. The van der Waals surface area contributed by atoms with Gasteiger partial charge in [0.15, 0.2) is 5.65 Å². The van der Waals surface area contributed by atoms with Crippen LogP contribution in [-0.4, -0.2) is 34.3 Å². The van der Waals surface area contributed by atoms with Crippen LogP contribution in [0.2, 0.25) is 0 Å². The van der Waals surface area contributed by atoms with Crippen LogP contribution in [0.15, 0.2) is 35.3 Å². The molecule has 0 saturated carbocycles. The Kier molecular flexibility index (Phi) is 4.56. The molecule has 0 aliphatic rings. The first-order valence-corrected chi connectivity index (χ1v) is 7.94. The Hall–Kier alpha value is -3.09. The van der Waals surface area contributed by atoms with Crippen LogP contribution < -0.4 is 10.3 Å². The van der Waals surface area contributed by atoms with E-state index in [-0.39, 0.29) is 23.4 Å². The molecule has 0 unspecified atom stereocenters. The molecule has 0 spiro atoms. The summed E-state index contributed by atoms with van der Waals surface area (Å²) >= 11 is 0. The van der Waals surface area contributed by atoms with Crippen molar-refractivity contribution in [2.45, 2.75) is 20.3 Å². The van der Waals surface area contributed by atoms with E-state index in [2.05, 4.69) is 10.1 Å². The van der Waals surface area contributed by atoms with Gasteiger partial charge >= 0.3 is 5.97 Å². The minimum Gasteiger partial charge on any atom is -0.497 e. The third kappa shape index (κ3) is 3.13. The second kappa shape index (κ2) is 6.80.